The van der Waals surface area contributed by atoms with E-state index in [1.54, 1.807) is 23.1 Å². The molecule has 0 radical (unpaired) electrons. The molecule has 0 fully saturated rings. The van der Waals surface area contributed by atoms with Crippen LogP contribution < -0.4 is 5.73 Å². The summed E-state index contributed by atoms with van der Waals surface area (Å²) in [4.78, 5) is 5.71. The molecule has 0 amide bonds. The normalized spacial score (nSPS) is 10.9. The van der Waals surface area contributed by atoms with E-state index in [0.717, 1.165) is 27.4 Å². The lowest BCUT2D eigenvalue weighted by molar-refractivity contribution is 0.680. The molecular weight excluding hydrogens is 278 g/mol. The second kappa shape index (κ2) is 6.31. The SMILES string of the molecule is C=CCn1c(CN)nnc1SCc1sc(C)nc1C. The summed E-state index contributed by atoms with van der Waals surface area (Å²) in [5.41, 5.74) is 6.75. The van der Waals surface area contributed by atoms with Crippen LogP contribution in [-0.2, 0) is 18.8 Å². The molecule has 19 heavy (non-hydrogen) atoms. The van der Waals surface area contributed by atoms with Crippen molar-refractivity contribution in [3.63, 3.8) is 0 Å². The lowest BCUT2D eigenvalue weighted by atomic mass is 10.4. The number of aromatic nitrogens is 4. The molecule has 0 unspecified atom stereocenters. The van der Waals surface area contributed by atoms with Crippen molar-refractivity contribution in [1.29, 1.82) is 0 Å². The van der Waals surface area contributed by atoms with Gasteiger partial charge in [0.25, 0.3) is 0 Å². The van der Waals surface area contributed by atoms with Crippen molar-refractivity contribution in [3.8, 4) is 0 Å². The van der Waals surface area contributed by atoms with Gasteiger partial charge in [-0.2, -0.15) is 0 Å². The van der Waals surface area contributed by atoms with Crippen molar-refractivity contribution in [1.82, 2.24) is 19.7 Å². The van der Waals surface area contributed by atoms with Gasteiger partial charge in [-0.15, -0.1) is 28.1 Å². The smallest absolute Gasteiger partial charge is 0.191 e. The lowest BCUT2D eigenvalue weighted by Crippen LogP contribution is -2.08. The van der Waals surface area contributed by atoms with Crippen LogP contribution >= 0.6 is 23.1 Å². The van der Waals surface area contributed by atoms with E-state index in [2.05, 4.69) is 21.8 Å². The van der Waals surface area contributed by atoms with Gasteiger partial charge in [-0.3, -0.25) is 0 Å². The van der Waals surface area contributed by atoms with Gasteiger partial charge in [0.1, 0.15) is 5.82 Å². The molecule has 2 heterocycles. The van der Waals surface area contributed by atoms with Gasteiger partial charge >= 0.3 is 0 Å². The van der Waals surface area contributed by atoms with Gasteiger partial charge in [0.2, 0.25) is 0 Å². The Morgan fingerprint density at radius 1 is 1.42 bits per heavy atom. The number of nitrogens with two attached hydrogens (primary N) is 1. The van der Waals surface area contributed by atoms with Gasteiger partial charge in [0.15, 0.2) is 5.16 Å². The molecule has 5 nitrogen and oxygen atoms in total. The van der Waals surface area contributed by atoms with Crippen LogP contribution in [0.3, 0.4) is 0 Å². The first kappa shape index (κ1) is 14.2. The maximum Gasteiger partial charge on any atom is 0.191 e. The minimum atomic E-state index is 0.389. The molecule has 2 aromatic heterocycles. The molecule has 0 aliphatic heterocycles. The number of rotatable bonds is 6. The third kappa shape index (κ3) is 3.23. The van der Waals surface area contributed by atoms with Gasteiger partial charge in [-0.25, -0.2) is 4.98 Å². The molecular formula is C12H17N5S2. The molecule has 0 bridgehead atoms. The lowest BCUT2D eigenvalue weighted by Gasteiger charge is -2.05. The summed E-state index contributed by atoms with van der Waals surface area (Å²) in [7, 11) is 0. The highest BCUT2D eigenvalue weighted by Crippen LogP contribution is 2.27. The van der Waals surface area contributed by atoms with Crippen LogP contribution in [0.4, 0.5) is 0 Å². The van der Waals surface area contributed by atoms with E-state index in [4.69, 9.17) is 5.73 Å². The Morgan fingerprint density at radius 3 is 2.79 bits per heavy atom. The van der Waals surface area contributed by atoms with E-state index in [9.17, 15) is 0 Å². The predicted octanol–water partition coefficient (Wildman–Crippen LogP) is 2.29. The largest absolute Gasteiger partial charge is 0.324 e. The first-order chi connectivity index (χ1) is 9.15. The second-order valence-electron chi connectivity index (χ2n) is 4.03. The van der Waals surface area contributed by atoms with Crippen LogP contribution in [0.25, 0.3) is 0 Å². The molecule has 0 aliphatic carbocycles. The zero-order valence-electron chi connectivity index (χ0n) is 11.1. The fourth-order valence-electron chi connectivity index (χ4n) is 1.73. The van der Waals surface area contributed by atoms with Crippen molar-refractivity contribution >= 4 is 23.1 Å². The van der Waals surface area contributed by atoms with Crippen LogP contribution in [0.2, 0.25) is 0 Å². The van der Waals surface area contributed by atoms with E-state index >= 15 is 0 Å². The average molecular weight is 295 g/mol. The fourth-order valence-corrected chi connectivity index (χ4v) is 3.78. The third-order valence-corrected chi connectivity index (χ3v) is 4.87. The van der Waals surface area contributed by atoms with Crippen LogP contribution in [0.5, 0.6) is 0 Å². The highest BCUT2D eigenvalue weighted by atomic mass is 32.2. The fraction of sp³-hybridized carbons (Fsp3) is 0.417. The highest BCUT2D eigenvalue weighted by Gasteiger charge is 2.12. The predicted molar refractivity (Wildman–Crippen MR) is 79.3 cm³/mol. The van der Waals surface area contributed by atoms with Crippen molar-refractivity contribution in [2.24, 2.45) is 5.73 Å². The van der Waals surface area contributed by atoms with Gasteiger partial charge in [-0.1, -0.05) is 17.8 Å². The van der Waals surface area contributed by atoms with Crippen molar-refractivity contribution < 1.29 is 0 Å². The number of nitrogens with zero attached hydrogens (tertiary/aromatic N) is 4. The summed E-state index contributed by atoms with van der Waals surface area (Å²) in [5.74, 6) is 1.65. The topological polar surface area (TPSA) is 69.6 Å². The summed E-state index contributed by atoms with van der Waals surface area (Å²) in [6.07, 6.45) is 1.83. The summed E-state index contributed by atoms with van der Waals surface area (Å²) in [6.45, 7) is 8.89. The van der Waals surface area contributed by atoms with Crippen molar-refractivity contribution in [2.75, 3.05) is 0 Å². The Bertz CT molecular complexity index is 573. The number of aryl methyl sites for hydroxylation is 2. The zero-order valence-corrected chi connectivity index (χ0v) is 12.7. The van der Waals surface area contributed by atoms with Crippen LogP contribution in [0.15, 0.2) is 17.8 Å². The molecule has 2 rings (SSSR count). The molecule has 0 saturated carbocycles. The van der Waals surface area contributed by atoms with Crippen LogP contribution in [-0.4, -0.2) is 19.7 Å². The molecule has 2 N–H and O–H groups in total. The molecule has 0 aromatic carbocycles. The highest BCUT2D eigenvalue weighted by molar-refractivity contribution is 7.98. The van der Waals surface area contributed by atoms with E-state index in [-0.39, 0.29) is 0 Å². The molecule has 102 valence electrons. The van der Waals surface area contributed by atoms with Crippen LogP contribution in [0, 0.1) is 13.8 Å². The summed E-state index contributed by atoms with van der Waals surface area (Å²) in [5, 5.41) is 10.3. The van der Waals surface area contributed by atoms with E-state index in [1.165, 1.54) is 4.88 Å². The third-order valence-electron chi connectivity index (χ3n) is 2.62. The van der Waals surface area contributed by atoms with Gasteiger partial charge < -0.3 is 10.3 Å². The summed E-state index contributed by atoms with van der Waals surface area (Å²) < 4.78 is 2.00. The number of thiazole rings is 1. The van der Waals surface area contributed by atoms with Gasteiger partial charge in [0, 0.05) is 17.2 Å². The number of hydrogen-bond donors (Lipinski definition) is 1. The Balaban J connectivity index is 2.13. The Hall–Kier alpha value is -1.18. The molecule has 0 spiro atoms. The minimum absolute atomic E-state index is 0.389. The second-order valence-corrected chi connectivity index (χ2v) is 6.26. The van der Waals surface area contributed by atoms with E-state index < -0.39 is 0 Å². The van der Waals surface area contributed by atoms with Gasteiger partial charge in [-0.05, 0) is 13.8 Å². The average Bonchev–Trinajstić information content (AvgIpc) is 2.91. The monoisotopic (exact) mass is 295 g/mol. The van der Waals surface area contributed by atoms with Crippen molar-refractivity contribution in [2.45, 2.75) is 37.8 Å². The van der Waals surface area contributed by atoms with Gasteiger partial charge in [0.05, 0.1) is 17.2 Å². The minimum Gasteiger partial charge on any atom is -0.324 e. The molecule has 0 atom stereocenters. The Morgan fingerprint density at radius 2 is 2.21 bits per heavy atom. The number of thioether (sulfide) groups is 1. The maximum absolute atomic E-state index is 5.65. The standard InChI is InChI=1S/C12H17N5S2/c1-4-5-17-11(6-13)15-16-12(17)18-7-10-8(2)14-9(3)19-10/h4H,1,5-7,13H2,2-3H3. The first-order valence-electron chi connectivity index (χ1n) is 5.94. The Kier molecular flexibility index (Phi) is 4.73. The quantitative estimate of drug-likeness (QED) is 0.654. The first-order valence-corrected chi connectivity index (χ1v) is 7.74. The molecule has 7 heteroatoms. The van der Waals surface area contributed by atoms with E-state index in [1.807, 2.05) is 24.5 Å². The van der Waals surface area contributed by atoms with E-state index in [0.29, 0.717) is 13.1 Å². The summed E-state index contributed by atoms with van der Waals surface area (Å²) in [6, 6.07) is 0. The zero-order chi connectivity index (χ0) is 13.8. The maximum atomic E-state index is 5.65. The molecule has 0 saturated heterocycles. The summed E-state index contributed by atoms with van der Waals surface area (Å²) >= 11 is 3.39. The van der Waals surface area contributed by atoms with Crippen LogP contribution in [0.1, 0.15) is 21.4 Å². The van der Waals surface area contributed by atoms with Crippen molar-refractivity contribution in [3.05, 3.63) is 34.1 Å². The number of allylic oxidation sites excluding steroid dienone is 1. The molecule has 2 aromatic rings. The number of hydrogen-bond acceptors (Lipinski definition) is 6. The molecule has 0 aliphatic rings. The Labute approximate surface area is 121 Å².